The summed E-state index contributed by atoms with van der Waals surface area (Å²) < 4.78 is 38.0. The lowest BCUT2D eigenvalue weighted by atomic mass is 10.1. The van der Waals surface area contributed by atoms with Crippen molar-refractivity contribution in [2.24, 2.45) is 5.73 Å². The van der Waals surface area contributed by atoms with Gasteiger partial charge in [-0.05, 0) is 11.6 Å². The predicted octanol–water partition coefficient (Wildman–Crippen LogP) is 1.24. The Morgan fingerprint density at radius 3 is 2.62 bits per heavy atom. The molecule has 16 heavy (non-hydrogen) atoms. The Kier molecular flexibility index (Phi) is 3.83. The number of rotatable bonds is 4. The number of nitrogens with two attached hydrogens (primary N) is 1. The third-order valence-electron chi connectivity index (χ3n) is 1.92. The van der Waals surface area contributed by atoms with E-state index in [9.17, 15) is 18.0 Å². The number of carboxylic acid groups (broad SMARTS) is 1. The van der Waals surface area contributed by atoms with Gasteiger partial charge in [0.15, 0.2) is 0 Å². The monoisotopic (exact) mass is 234 g/mol. The number of carboxylic acids is 1. The molecule has 0 aliphatic carbocycles. The Morgan fingerprint density at radius 2 is 2.19 bits per heavy atom. The normalized spacial score (nSPS) is 10.8. The molecule has 0 aliphatic heterocycles. The lowest BCUT2D eigenvalue weighted by Gasteiger charge is -2.09. The molecular weight excluding hydrogens is 225 g/mol. The van der Waals surface area contributed by atoms with Crippen LogP contribution in [0, 0.1) is 5.95 Å². The second kappa shape index (κ2) is 4.93. The van der Waals surface area contributed by atoms with Crippen LogP contribution >= 0.6 is 0 Å². The minimum atomic E-state index is -3.02. The minimum Gasteiger partial charge on any atom is -0.481 e. The third kappa shape index (κ3) is 2.69. The Balaban J connectivity index is 3.20. The van der Waals surface area contributed by atoms with Crippen LogP contribution in [-0.4, -0.2) is 16.1 Å². The van der Waals surface area contributed by atoms with Crippen LogP contribution in [0.4, 0.5) is 13.2 Å². The van der Waals surface area contributed by atoms with Gasteiger partial charge in [0.25, 0.3) is 6.43 Å². The van der Waals surface area contributed by atoms with Gasteiger partial charge in [0, 0.05) is 6.54 Å². The van der Waals surface area contributed by atoms with Crippen LogP contribution in [-0.2, 0) is 17.8 Å². The lowest BCUT2D eigenvalue weighted by molar-refractivity contribution is -0.136. The van der Waals surface area contributed by atoms with Crippen LogP contribution in [0.5, 0.6) is 0 Å². The second-order valence-corrected chi connectivity index (χ2v) is 3.05. The number of hydrogen-bond donors (Lipinski definition) is 2. The average Bonchev–Trinajstić information content (AvgIpc) is 2.14. The minimum absolute atomic E-state index is 0.126. The van der Waals surface area contributed by atoms with E-state index in [-0.39, 0.29) is 17.8 Å². The van der Waals surface area contributed by atoms with Gasteiger partial charge in [-0.3, -0.25) is 4.79 Å². The first-order valence-electron chi connectivity index (χ1n) is 4.34. The number of pyridine rings is 1. The molecule has 1 aromatic rings. The number of nitrogens with zero attached hydrogens (tertiary/aromatic N) is 1. The molecule has 0 spiro atoms. The van der Waals surface area contributed by atoms with Crippen molar-refractivity contribution in [1.82, 2.24) is 4.98 Å². The molecule has 1 aromatic heterocycles. The molecule has 3 N–H and O–H groups in total. The molecule has 0 aromatic carbocycles. The molecule has 1 rings (SSSR count). The van der Waals surface area contributed by atoms with Gasteiger partial charge in [0.2, 0.25) is 5.95 Å². The SMILES string of the molecule is NCc1cc(CC(=O)O)nc(F)c1C(F)F. The Bertz CT molecular complexity index is 410. The molecule has 0 aliphatic rings. The van der Waals surface area contributed by atoms with Crippen molar-refractivity contribution < 1.29 is 23.1 Å². The molecule has 7 heteroatoms. The number of halogens is 3. The molecule has 0 amide bonds. The molecule has 0 fully saturated rings. The van der Waals surface area contributed by atoms with Gasteiger partial charge in [-0.25, -0.2) is 13.8 Å². The second-order valence-electron chi connectivity index (χ2n) is 3.05. The standard InChI is InChI=1S/C9H9F3N2O2/c10-8(11)7-4(3-13)1-5(2-6(15)16)14-9(7)12/h1,8H,2-3,13H2,(H,15,16). The van der Waals surface area contributed by atoms with E-state index in [2.05, 4.69) is 4.98 Å². The summed E-state index contributed by atoms with van der Waals surface area (Å²) in [6.07, 6.45) is -3.56. The number of aromatic nitrogens is 1. The fourth-order valence-electron chi connectivity index (χ4n) is 1.27. The molecule has 0 atom stereocenters. The van der Waals surface area contributed by atoms with Crippen molar-refractivity contribution in [2.75, 3.05) is 0 Å². The van der Waals surface area contributed by atoms with E-state index in [0.29, 0.717) is 0 Å². The maximum absolute atomic E-state index is 13.2. The van der Waals surface area contributed by atoms with Crippen LogP contribution in [0.15, 0.2) is 6.07 Å². The van der Waals surface area contributed by atoms with Crippen LogP contribution in [0.1, 0.15) is 23.2 Å². The Hall–Kier alpha value is -1.63. The number of carbonyl (C=O) groups is 1. The molecule has 0 radical (unpaired) electrons. The van der Waals surface area contributed by atoms with Gasteiger partial charge in [0.1, 0.15) is 0 Å². The zero-order valence-electron chi connectivity index (χ0n) is 8.08. The van der Waals surface area contributed by atoms with E-state index in [1.54, 1.807) is 0 Å². The Labute approximate surface area is 88.9 Å². The van der Waals surface area contributed by atoms with Crippen molar-refractivity contribution >= 4 is 5.97 Å². The molecule has 1 heterocycles. The average molecular weight is 234 g/mol. The Morgan fingerprint density at radius 1 is 1.56 bits per heavy atom. The first-order chi connectivity index (χ1) is 7.45. The van der Waals surface area contributed by atoms with Crippen LogP contribution in [0.2, 0.25) is 0 Å². The smallest absolute Gasteiger partial charge is 0.309 e. The fraction of sp³-hybridized carbons (Fsp3) is 0.333. The largest absolute Gasteiger partial charge is 0.481 e. The van der Waals surface area contributed by atoms with Gasteiger partial charge < -0.3 is 10.8 Å². The highest BCUT2D eigenvalue weighted by molar-refractivity contribution is 5.69. The van der Waals surface area contributed by atoms with Crippen LogP contribution < -0.4 is 5.73 Å². The molecule has 0 saturated heterocycles. The topological polar surface area (TPSA) is 76.2 Å². The zero-order valence-corrected chi connectivity index (χ0v) is 8.08. The summed E-state index contributed by atoms with van der Waals surface area (Å²) in [6, 6.07) is 1.08. The number of hydrogen-bond acceptors (Lipinski definition) is 3. The van der Waals surface area contributed by atoms with Crippen LogP contribution in [0.25, 0.3) is 0 Å². The predicted molar refractivity (Wildman–Crippen MR) is 48.4 cm³/mol. The highest BCUT2D eigenvalue weighted by atomic mass is 19.3. The summed E-state index contributed by atoms with van der Waals surface area (Å²) in [5, 5.41) is 8.46. The van der Waals surface area contributed by atoms with Crippen molar-refractivity contribution in [2.45, 2.75) is 19.4 Å². The van der Waals surface area contributed by atoms with E-state index in [1.165, 1.54) is 0 Å². The molecule has 0 saturated carbocycles. The van der Waals surface area contributed by atoms with Crippen molar-refractivity contribution in [3.8, 4) is 0 Å². The summed E-state index contributed by atoms with van der Waals surface area (Å²) in [5.41, 5.74) is 4.06. The van der Waals surface area contributed by atoms with Crippen LogP contribution in [0.3, 0.4) is 0 Å². The maximum atomic E-state index is 13.2. The highest BCUT2D eigenvalue weighted by Crippen LogP contribution is 2.25. The molecule has 88 valence electrons. The summed E-state index contributed by atoms with van der Waals surface area (Å²) in [6.45, 7) is -0.300. The third-order valence-corrected chi connectivity index (χ3v) is 1.92. The van der Waals surface area contributed by atoms with E-state index in [4.69, 9.17) is 10.8 Å². The summed E-state index contributed by atoms with van der Waals surface area (Å²) in [7, 11) is 0. The number of aliphatic carboxylic acids is 1. The van der Waals surface area contributed by atoms with E-state index >= 15 is 0 Å². The van der Waals surface area contributed by atoms with E-state index in [1.807, 2.05) is 0 Å². The summed E-state index contributed by atoms with van der Waals surface area (Å²) in [4.78, 5) is 13.5. The van der Waals surface area contributed by atoms with Gasteiger partial charge in [-0.2, -0.15) is 4.39 Å². The van der Waals surface area contributed by atoms with Gasteiger partial charge >= 0.3 is 5.97 Å². The van der Waals surface area contributed by atoms with E-state index in [0.717, 1.165) is 6.07 Å². The van der Waals surface area contributed by atoms with Crippen molar-refractivity contribution in [3.05, 3.63) is 28.8 Å². The summed E-state index contributed by atoms with van der Waals surface area (Å²) >= 11 is 0. The first kappa shape index (κ1) is 12.4. The highest BCUT2D eigenvalue weighted by Gasteiger charge is 2.20. The maximum Gasteiger partial charge on any atom is 0.309 e. The quantitative estimate of drug-likeness (QED) is 0.768. The van der Waals surface area contributed by atoms with Gasteiger partial charge in [-0.1, -0.05) is 0 Å². The van der Waals surface area contributed by atoms with Crippen molar-refractivity contribution in [1.29, 1.82) is 0 Å². The molecule has 4 nitrogen and oxygen atoms in total. The molecule has 0 bridgehead atoms. The van der Waals surface area contributed by atoms with Gasteiger partial charge in [-0.15, -0.1) is 0 Å². The zero-order chi connectivity index (χ0) is 12.3. The molecular formula is C9H9F3N2O2. The van der Waals surface area contributed by atoms with Crippen molar-refractivity contribution in [3.63, 3.8) is 0 Å². The number of alkyl halides is 2. The fourth-order valence-corrected chi connectivity index (χ4v) is 1.27. The molecule has 0 unspecified atom stereocenters. The van der Waals surface area contributed by atoms with E-state index < -0.39 is 30.3 Å². The lowest BCUT2D eigenvalue weighted by Crippen LogP contribution is -2.11. The van der Waals surface area contributed by atoms with Gasteiger partial charge in [0.05, 0.1) is 17.7 Å². The summed E-state index contributed by atoms with van der Waals surface area (Å²) in [5.74, 6) is -2.59. The first-order valence-corrected chi connectivity index (χ1v) is 4.34.